The summed E-state index contributed by atoms with van der Waals surface area (Å²) in [7, 11) is -3.51. The summed E-state index contributed by atoms with van der Waals surface area (Å²) in [6.07, 6.45) is 7.63. The highest BCUT2D eigenvalue weighted by molar-refractivity contribution is 7.91. The molecule has 2 fully saturated rings. The number of thiazole rings is 1. The van der Waals surface area contributed by atoms with Gasteiger partial charge in [-0.3, -0.25) is 9.59 Å². The Bertz CT molecular complexity index is 1350. The number of carboxylic acid groups (broad SMARTS) is 1. The Hall–Kier alpha value is -2.26. The van der Waals surface area contributed by atoms with Crippen molar-refractivity contribution in [2.45, 2.75) is 109 Å². The van der Waals surface area contributed by atoms with Crippen LogP contribution in [0.3, 0.4) is 0 Å². The third kappa shape index (κ3) is 7.32. The van der Waals surface area contributed by atoms with Crippen LogP contribution in [-0.4, -0.2) is 42.2 Å². The molecule has 0 unspecified atom stereocenters. The number of benzene rings is 1. The van der Waals surface area contributed by atoms with Gasteiger partial charge in [-0.1, -0.05) is 79.7 Å². The van der Waals surface area contributed by atoms with Gasteiger partial charge in [-0.25, -0.2) is 13.4 Å². The quantitative estimate of drug-likeness (QED) is 0.357. The van der Waals surface area contributed by atoms with Crippen LogP contribution in [0.15, 0.2) is 23.1 Å². The second kappa shape index (κ2) is 11.6. The molecule has 40 heavy (non-hydrogen) atoms. The van der Waals surface area contributed by atoms with Crippen LogP contribution in [0, 0.1) is 17.3 Å². The molecule has 2 aliphatic rings. The summed E-state index contributed by atoms with van der Waals surface area (Å²) in [6, 6.07) is 5.44. The number of aromatic nitrogens is 1. The highest BCUT2D eigenvalue weighted by Crippen LogP contribution is 2.40. The fraction of sp³-hybridized carbons (Fsp3) is 0.645. The summed E-state index contributed by atoms with van der Waals surface area (Å²) in [5, 5.41) is 12.5. The van der Waals surface area contributed by atoms with Crippen LogP contribution in [0.1, 0.15) is 108 Å². The van der Waals surface area contributed by atoms with Crippen LogP contribution in [0.5, 0.6) is 0 Å². The minimum Gasteiger partial charge on any atom is -0.481 e. The second-order valence-electron chi connectivity index (χ2n) is 14.0. The Kier molecular flexibility index (Phi) is 8.86. The van der Waals surface area contributed by atoms with Gasteiger partial charge in [0.15, 0.2) is 14.8 Å². The first-order valence-electron chi connectivity index (χ1n) is 14.4. The van der Waals surface area contributed by atoms with Gasteiger partial charge in [-0.15, -0.1) is 11.3 Å². The van der Waals surface area contributed by atoms with Crippen molar-refractivity contribution in [3.8, 4) is 10.4 Å². The van der Waals surface area contributed by atoms with E-state index >= 15 is 0 Å². The summed E-state index contributed by atoms with van der Waals surface area (Å²) in [5.74, 6) is -0.913. The average molecular weight is 589 g/mol. The van der Waals surface area contributed by atoms with E-state index in [0.29, 0.717) is 28.7 Å². The Morgan fingerprint density at radius 3 is 2.27 bits per heavy atom. The largest absolute Gasteiger partial charge is 0.481 e. The highest BCUT2D eigenvalue weighted by atomic mass is 32.2. The van der Waals surface area contributed by atoms with Crippen LogP contribution in [0.2, 0.25) is 0 Å². The van der Waals surface area contributed by atoms with Crippen molar-refractivity contribution < 1.29 is 23.1 Å². The summed E-state index contributed by atoms with van der Waals surface area (Å²) >= 11 is 1.35. The van der Waals surface area contributed by atoms with E-state index in [2.05, 4.69) is 5.32 Å². The van der Waals surface area contributed by atoms with Crippen molar-refractivity contribution in [1.29, 1.82) is 0 Å². The predicted molar refractivity (Wildman–Crippen MR) is 160 cm³/mol. The molecule has 4 rings (SSSR count). The zero-order valence-corrected chi connectivity index (χ0v) is 26.3. The SMILES string of the molecule is CC(C)(C)CS(=O)(=O)c1ccc(-c2sc(C(=O)N[C@H]3C[C@H](C(=O)O)C3)nc2CC2CCCCC2)cc1C(C)(C)C. The van der Waals surface area contributed by atoms with Crippen LogP contribution < -0.4 is 5.32 Å². The summed E-state index contributed by atoms with van der Waals surface area (Å²) in [4.78, 5) is 30.4. The highest BCUT2D eigenvalue weighted by Gasteiger charge is 2.36. The van der Waals surface area contributed by atoms with E-state index in [0.717, 1.165) is 41.0 Å². The Morgan fingerprint density at radius 1 is 1.05 bits per heavy atom. The van der Waals surface area contributed by atoms with Crippen LogP contribution in [0.4, 0.5) is 0 Å². The third-order valence-corrected chi connectivity index (χ3v) is 11.3. The summed E-state index contributed by atoms with van der Waals surface area (Å²) in [5.41, 5.74) is 1.77. The molecule has 0 radical (unpaired) electrons. The summed E-state index contributed by atoms with van der Waals surface area (Å²) < 4.78 is 27.0. The maximum absolute atomic E-state index is 13.5. The Morgan fingerprint density at radius 2 is 1.70 bits per heavy atom. The van der Waals surface area contributed by atoms with Crippen molar-refractivity contribution in [2.75, 3.05) is 5.75 Å². The number of carbonyl (C=O) groups is 2. The van der Waals surface area contributed by atoms with Crippen molar-refractivity contribution in [2.24, 2.45) is 17.3 Å². The molecular formula is C31H44N2O5S2. The van der Waals surface area contributed by atoms with Gasteiger partial charge in [0.1, 0.15) is 0 Å². The lowest BCUT2D eigenvalue weighted by Gasteiger charge is -2.32. The maximum Gasteiger partial charge on any atom is 0.306 e. The van der Waals surface area contributed by atoms with E-state index in [1.54, 1.807) is 6.07 Å². The van der Waals surface area contributed by atoms with E-state index in [-0.39, 0.29) is 23.1 Å². The number of amides is 1. The van der Waals surface area contributed by atoms with Gasteiger partial charge in [-0.05, 0) is 59.3 Å². The second-order valence-corrected chi connectivity index (χ2v) is 16.9. The molecule has 0 aliphatic heterocycles. The molecule has 1 heterocycles. The van der Waals surface area contributed by atoms with Crippen molar-refractivity contribution in [3.63, 3.8) is 0 Å². The maximum atomic E-state index is 13.5. The molecule has 1 aromatic heterocycles. The molecule has 0 saturated heterocycles. The van der Waals surface area contributed by atoms with Gasteiger partial charge in [-0.2, -0.15) is 0 Å². The molecule has 1 aromatic carbocycles. The van der Waals surface area contributed by atoms with Crippen molar-refractivity contribution in [1.82, 2.24) is 10.3 Å². The Labute approximate surface area is 243 Å². The smallest absolute Gasteiger partial charge is 0.306 e. The lowest BCUT2D eigenvalue weighted by atomic mass is 9.80. The topological polar surface area (TPSA) is 113 Å². The number of carboxylic acids is 1. The lowest BCUT2D eigenvalue weighted by Crippen LogP contribution is -2.46. The minimum atomic E-state index is -3.51. The van der Waals surface area contributed by atoms with Crippen LogP contribution in [0.25, 0.3) is 10.4 Å². The van der Waals surface area contributed by atoms with Gasteiger partial charge < -0.3 is 10.4 Å². The normalized spacial score (nSPS) is 20.6. The number of nitrogens with one attached hydrogen (secondary N) is 1. The van der Waals surface area contributed by atoms with Gasteiger partial charge in [0.2, 0.25) is 0 Å². The number of sulfone groups is 1. The predicted octanol–water partition coefficient (Wildman–Crippen LogP) is 6.64. The van der Waals surface area contributed by atoms with Gasteiger partial charge in [0.25, 0.3) is 5.91 Å². The van der Waals surface area contributed by atoms with Gasteiger partial charge in [0.05, 0.1) is 27.1 Å². The fourth-order valence-corrected chi connectivity index (χ4v) is 9.10. The number of hydrogen-bond donors (Lipinski definition) is 2. The number of nitrogens with zero attached hydrogens (tertiary/aromatic N) is 1. The number of aliphatic carboxylic acids is 1. The van der Waals surface area contributed by atoms with E-state index in [9.17, 15) is 18.0 Å². The Balaban J connectivity index is 1.71. The standard InChI is InChI=1S/C31H44N2O5S2/c1-30(2,3)18-40(37,38)25-13-12-20(17-23(25)31(4,5)6)26-24(14-19-10-8-7-9-11-19)33-28(39-26)27(34)32-22-15-21(16-22)29(35)36/h12-13,17,19,21-22H,7-11,14-16,18H2,1-6H3,(H,32,34)(H,35,36)/t21-,22-. The number of rotatable bonds is 8. The third-order valence-electron chi connectivity index (χ3n) is 7.93. The molecule has 2 aromatic rings. The van der Waals surface area contributed by atoms with Crippen molar-refractivity contribution in [3.05, 3.63) is 34.5 Å². The van der Waals surface area contributed by atoms with E-state index in [4.69, 9.17) is 10.1 Å². The molecule has 9 heteroatoms. The lowest BCUT2D eigenvalue weighted by molar-refractivity contribution is -0.145. The fourth-order valence-electron chi connectivity index (χ4n) is 5.84. The molecule has 7 nitrogen and oxygen atoms in total. The molecule has 2 aliphatic carbocycles. The number of hydrogen-bond acceptors (Lipinski definition) is 6. The number of carbonyl (C=O) groups excluding carboxylic acids is 1. The first-order valence-corrected chi connectivity index (χ1v) is 16.9. The zero-order chi connectivity index (χ0) is 29.5. The summed E-state index contributed by atoms with van der Waals surface area (Å²) in [6.45, 7) is 11.9. The molecule has 2 N–H and O–H groups in total. The molecular weight excluding hydrogens is 544 g/mol. The molecule has 220 valence electrons. The van der Waals surface area contributed by atoms with E-state index in [1.165, 1.54) is 30.6 Å². The average Bonchev–Trinajstić information content (AvgIpc) is 3.22. The van der Waals surface area contributed by atoms with Gasteiger partial charge in [0, 0.05) is 6.04 Å². The van der Waals surface area contributed by atoms with Crippen LogP contribution >= 0.6 is 11.3 Å². The molecule has 1 amide bonds. The molecule has 2 saturated carbocycles. The van der Waals surface area contributed by atoms with E-state index < -0.39 is 27.1 Å². The monoisotopic (exact) mass is 588 g/mol. The first kappa shape index (κ1) is 30.7. The minimum absolute atomic E-state index is 0.0597. The zero-order valence-electron chi connectivity index (χ0n) is 24.7. The van der Waals surface area contributed by atoms with Crippen molar-refractivity contribution >= 4 is 33.1 Å². The molecule has 0 atom stereocenters. The van der Waals surface area contributed by atoms with Gasteiger partial charge >= 0.3 is 5.97 Å². The van der Waals surface area contributed by atoms with E-state index in [1.807, 2.05) is 53.7 Å². The van der Waals surface area contributed by atoms with Crippen LogP contribution in [-0.2, 0) is 26.5 Å². The molecule has 0 bridgehead atoms. The molecule has 0 spiro atoms. The first-order chi connectivity index (χ1) is 18.5.